The Kier molecular flexibility index (Phi) is 8.16. The van der Waals surface area contributed by atoms with E-state index in [9.17, 15) is 9.59 Å². The minimum absolute atomic E-state index is 0. The molecule has 9 heteroatoms. The molecule has 3 rings (SSSR count). The molecule has 1 aromatic heterocycles. The van der Waals surface area contributed by atoms with Gasteiger partial charge in [0.05, 0.1) is 12.8 Å². The van der Waals surface area contributed by atoms with Gasteiger partial charge in [0.25, 0.3) is 5.56 Å². The summed E-state index contributed by atoms with van der Waals surface area (Å²) in [4.78, 5) is 28.5. The van der Waals surface area contributed by atoms with Gasteiger partial charge in [0.2, 0.25) is 0 Å². The summed E-state index contributed by atoms with van der Waals surface area (Å²) >= 11 is 0. The minimum Gasteiger partial charge on any atom is -1.00 e. The Morgan fingerprint density at radius 3 is 2.41 bits per heavy atom. The van der Waals surface area contributed by atoms with Crippen molar-refractivity contribution < 1.29 is 17.1 Å². The molecule has 160 valence electrons. The first-order chi connectivity index (χ1) is 13.5. The lowest BCUT2D eigenvalue weighted by atomic mass is 10.2. The van der Waals surface area contributed by atoms with E-state index in [2.05, 4.69) is 21.2 Å². The Morgan fingerprint density at radius 2 is 1.72 bits per heavy atom. The van der Waals surface area contributed by atoms with Crippen LogP contribution >= 0.6 is 0 Å². The van der Waals surface area contributed by atoms with Crippen molar-refractivity contribution in [3.63, 3.8) is 0 Å². The molecule has 0 aliphatic carbocycles. The molecule has 0 spiro atoms. The topological polar surface area (TPSA) is 71.7 Å². The lowest BCUT2D eigenvalue weighted by molar-refractivity contribution is -0.00000622. The van der Waals surface area contributed by atoms with Crippen molar-refractivity contribution in [2.45, 2.75) is 6.42 Å². The number of benzene rings is 1. The summed E-state index contributed by atoms with van der Waals surface area (Å²) in [5.41, 5.74) is 0.540. The molecule has 8 nitrogen and oxygen atoms in total. The highest BCUT2D eigenvalue weighted by atomic mass is 35.5. The first-order valence-corrected chi connectivity index (χ1v) is 9.62. The molecule has 0 unspecified atom stereocenters. The number of hydrogen-bond donors (Lipinski definition) is 1. The van der Waals surface area contributed by atoms with E-state index in [-0.39, 0.29) is 23.7 Å². The molecule has 0 saturated carbocycles. The van der Waals surface area contributed by atoms with Crippen LogP contribution in [0.5, 0.6) is 5.75 Å². The fraction of sp³-hybridized carbons (Fsp3) is 0.500. The second-order valence-corrected chi connectivity index (χ2v) is 7.05. The van der Waals surface area contributed by atoms with E-state index in [1.54, 1.807) is 14.2 Å². The highest BCUT2D eigenvalue weighted by molar-refractivity contribution is 5.58. The Bertz CT molecular complexity index is 919. The molecule has 1 fully saturated rings. The second kappa shape index (κ2) is 10.4. The predicted molar refractivity (Wildman–Crippen MR) is 112 cm³/mol. The van der Waals surface area contributed by atoms with Gasteiger partial charge in [0.1, 0.15) is 11.6 Å². The van der Waals surface area contributed by atoms with E-state index in [1.165, 1.54) is 17.7 Å². The van der Waals surface area contributed by atoms with Crippen LogP contribution in [0.15, 0.2) is 39.9 Å². The number of halogens is 1. The molecule has 0 radical (unpaired) electrons. The minimum atomic E-state index is -0.317. The maximum Gasteiger partial charge on any atom is 0.332 e. The van der Waals surface area contributed by atoms with Gasteiger partial charge in [-0.15, -0.1) is 0 Å². The lowest BCUT2D eigenvalue weighted by Gasteiger charge is -2.36. The third-order valence-corrected chi connectivity index (χ3v) is 5.28. The normalized spacial score (nSPS) is 14.4. The van der Waals surface area contributed by atoms with Crippen molar-refractivity contribution in [3.05, 3.63) is 51.2 Å². The number of ether oxygens (including phenoxy) is 1. The summed E-state index contributed by atoms with van der Waals surface area (Å²) in [5, 5.41) is 3.21. The van der Waals surface area contributed by atoms with E-state index < -0.39 is 0 Å². The maximum atomic E-state index is 11.9. The highest BCUT2D eigenvalue weighted by Gasteiger charge is 2.19. The van der Waals surface area contributed by atoms with Crippen LogP contribution in [-0.4, -0.2) is 60.4 Å². The molecular weight excluding hydrogens is 394 g/mol. The van der Waals surface area contributed by atoms with Gasteiger partial charge >= 0.3 is 5.69 Å². The number of rotatable bonds is 7. The second-order valence-electron chi connectivity index (χ2n) is 7.05. The highest BCUT2D eigenvalue weighted by Crippen LogP contribution is 2.28. The Labute approximate surface area is 177 Å². The third-order valence-electron chi connectivity index (χ3n) is 5.28. The van der Waals surface area contributed by atoms with Gasteiger partial charge in [0.15, 0.2) is 0 Å². The number of nitrogens with one attached hydrogen (secondary N) is 1. The van der Waals surface area contributed by atoms with Crippen LogP contribution in [0.1, 0.15) is 6.42 Å². The smallest absolute Gasteiger partial charge is 0.332 e. The van der Waals surface area contributed by atoms with Crippen LogP contribution in [0.4, 0.5) is 11.5 Å². The van der Waals surface area contributed by atoms with Crippen molar-refractivity contribution in [1.82, 2.24) is 14.0 Å². The van der Waals surface area contributed by atoms with Gasteiger partial charge in [-0.3, -0.25) is 18.8 Å². The van der Waals surface area contributed by atoms with Crippen molar-refractivity contribution in [1.29, 1.82) is 0 Å². The molecule has 2 aromatic rings. The molecule has 1 aromatic carbocycles. The zero-order valence-corrected chi connectivity index (χ0v) is 18.0. The quantitative estimate of drug-likeness (QED) is 0.507. The number of hydrogen-bond acceptors (Lipinski definition) is 6. The summed E-state index contributed by atoms with van der Waals surface area (Å²) < 4.78 is 8.04. The van der Waals surface area contributed by atoms with Crippen LogP contribution in [0.2, 0.25) is 0 Å². The number of aromatic nitrogens is 2. The molecule has 0 amide bonds. The van der Waals surface area contributed by atoms with Crippen molar-refractivity contribution in [2.75, 3.05) is 56.6 Å². The average Bonchev–Trinajstić information content (AvgIpc) is 2.73. The number of nitrogens with zero attached hydrogens (tertiary/aromatic N) is 4. The van der Waals surface area contributed by atoms with Crippen LogP contribution in [0, 0.1) is 0 Å². The van der Waals surface area contributed by atoms with E-state index in [1.807, 2.05) is 18.2 Å². The summed E-state index contributed by atoms with van der Waals surface area (Å²) in [6.07, 6.45) is 0.943. The fourth-order valence-electron chi connectivity index (χ4n) is 3.53. The first-order valence-electron chi connectivity index (χ1n) is 9.62. The molecular formula is C20H29ClN5O3-. The number of piperazine rings is 1. The fourth-order valence-corrected chi connectivity index (χ4v) is 3.53. The SMILES string of the molecule is COc1ccccc1N1CCN(CCCNc2cc(=O)n(C)c(=O)n2C)CC1.[Cl-]. The molecule has 1 saturated heterocycles. The van der Waals surface area contributed by atoms with Gasteiger partial charge < -0.3 is 27.4 Å². The number of anilines is 2. The van der Waals surface area contributed by atoms with Gasteiger partial charge in [-0.1, -0.05) is 12.1 Å². The van der Waals surface area contributed by atoms with E-state index in [0.717, 1.165) is 55.1 Å². The molecule has 29 heavy (non-hydrogen) atoms. The van der Waals surface area contributed by atoms with Gasteiger partial charge in [-0.05, 0) is 25.1 Å². The van der Waals surface area contributed by atoms with Crippen molar-refractivity contribution in [3.8, 4) is 5.75 Å². The summed E-state index contributed by atoms with van der Waals surface area (Å²) in [6, 6.07) is 9.60. The Hall–Kier alpha value is -2.45. The van der Waals surface area contributed by atoms with E-state index in [0.29, 0.717) is 12.4 Å². The molecule has 1 N–H and O–H groups in total. The van der Waals surface area contributed by atoms with Gasteiger partial charge in [0, 0.05) is 52.9 Å². The zero-order chi connectivity index (χ0) is 20.1. The van der Waals surface area contributed by atoms with Crippen LogP contribution < -0.4 is 38.6 Å². The largest absolute Gasteiger partial charge is 1.00 e. The average molecular weight is 423 g/mol. The van der Waals surface area contributed by atoms with Gasteiger partial charge in [-0.25, -0.2) is 4.79 Å². The summed E-state index contributed by atoms with van der Waals surface area (Å²) in [6.45, 7) is 5.64. The van der Waals surface area contributed by atoms with Gasteiger partial charge in [-0.2, -0.15) is 0 Å². The van der Waals surface area contributed by atoms with Crippen molar-refractivity contribution >= 4 is 11.5 Å². The molecule has 0 atom stereocenters. The van der Waals surface area contributed by atoms with Crippen LogP contribution in [0.25, 0.3) is 0 Å². The number of methoxy groups -OCH3 is 1. The molecule has 1 aliphatic heterocycles. The third kappa shape index (κ3) is 5.33. The first kappa shape index (κ1) is 22.8. The van der Waals surface area contributed by atoms with Crippen LogP contribution in [0.3, 0.4) is 0 Å². The van der Waals surface area contributed by atoms with Crippen molar-refractivity contribution in [2.24, 2.45) is 14.1 Å². The molecule has 0 bridgehead atoms. The Morgan fingerprint density at radius 1 is 1.03 bits per heavy atom. The predicted octanol–water partition coefficient (Wildman–Crippen LogP) is -2.28. The molecule has 2 heterocycles. The summed E-state index contributed by atoms with van der Waals surface area (Å²) in [7, 11) is 4.86. The van der Waals surface area contributed by atoms with E-state index in [4.69, 9.17) is 4.74 Å². The van der Waals surface area contributed by atoms with E-state index >= 15 is 0 Å². The maximum absolute atomic E-state index is 11.9. The van der Waals surface area contributed by atoms with Crippen LogP contribution in [-0.2, 0) is 14.1 Å². The monoisotopic (exact) mass is 422 g/mol. The standard InChI is InChI=1S/C20H29N5O3.ClH/c1-22-18(15-19(26)23(2)20(22)27)21-9-6-10-24-11-13-25(14-12-24)16-7-4-5-8-17(16)28-3;/h4-5,7-8,15,21H,6,9-14H2,1-3H3;1H/p-1. The zero-order valence-electron chi connectivity index (χ0n) is 17.2. The Balaban J connectivity index is 0.00000300. The summed E-state index contributed by atoms with van der Waals surface area (Å²) in [5.74, 6) is 1.48. The lowest BCUT2D eigenvalue weighted by Crippen LogP contribution is -3.00. The molecule has 1 aliphatic rings. The number of para-hydroxylation sites is 2.